The maximum absolute atomic E-state index is 12.9. The van der Waals surface area contributed by atoms with Crippen molar-refractivity contribution in [2.45, 2.75) is 51.2 Å². The van der Waals surface area contributed by atoms with E-state index in [2.05, 4.69) is 5.32 Å². The molecule has 1 aliphatic carbocycles. The topological polar surface area (TPSA) is 113 Å². The molecule has 1 aromatic rings. The van der Waals surface area contributed by atoms with Crippen molar-refractivity contribution in [3.8, 4) is 0 Å². The molecule has 1 aromatic carbocycles. The van der Waals surface area contributed by atoms with Crippen LogP contribution in [0.4, 0.5) is 4.79 Å². The van der Waals surface area contributed by atoms with Crippen LogP contribution in [-0.4, -0.2) is 64.8 Å². The van der Waals surface area contributed by atoms with E-state index in [-0.39, 0.29) is 35.2 Å². The number of carbonyl (C=O) groups excluding carboxylic acids is 5. The van der Waals surface area contributed by atoms with E-state index in [1.54, 1.807) is 0 Å². The molecule has 1 saturated carbocycles. The third-order valence-electron chi connectivity index (χ3n) is 5.85. The molecule has 5 amide bonds. The summed E-state index contributed by atoms with van der Waals surface area (Å²) in [7, 11) is 0. The number of rotatable bonds is 4. The maximum atomic E-state index is 12.9. The minimum Gasteiger partial charge on any atom is -0.449 e. The zero-order valence-electron chi connectivity index (χ0n) is 16.7. The zero-order valence-corrected chi connectivity index (χ0v) is 16.7. The highest BCUT2D eigenvalue weighted by atomic mass is 16.5. The molecule has 4 rings (SSSR count). The SMILES string of the molecule is C[C@@H](OC(=O)c1ccc2c(c1)C(=O)N(C1CCCCC1)C2=O)C(=O)N1CCNC1=O. The van der Waals surface area contributed by atoms with Gasteiger partial charge in [-0.15, -0.1) is 0 Å². The quantitative estimate of drug-likeness (QED) is 0.594. The Bertz CT molecular complexity index is 937. The van der Waals surface area contributed by atoms with Gasteiger partial charge >= 0.3 is 12.0 Å². The molecule has 1 saturated heterocycles. The summed E-state index contributed by atoms with van der Waals surface area (Å²) in [5.41, 5.74) is 0.531. The molecule has 30 heavy (non-hydrogen) atoms. The second-order valence-corrected chi connectivity index (χ2v) is 7.80. The van der Waals surface area contributed by atoms with Crippen LogP contribution in [0.25, 0.3) is 0 Å². The van der Waals surface area contributed by atoms with Gasteiger partial charge in [-0.25, -0.2) is 9.59 Å². The number of amides is 5. The summed E-state index contributed by atoms with van der Waals surface area (Å²) >= 11 is 0. The van der Waals surface area contributed by atoms with Gasteiger partial charge in [-0.2, -0.15) is 0 Å². The van der Waals surface area contributed by atoms with Gasteiger partial charge in [0.1, 0.15) is 0 Å². The monoisotopic (exact) mass is 413 g/mol. The van der Waals surface area contributed by atoms with Crippen LogP contribution in [0.15, 0.2) is 18.2 Å². The molecular weight excluding hydrogens is 390 g/mol. The first-order chi connectivity index (χ1) is 14.4. The molecule has 0 spiro atoms. The van der Waals surface area contributed by atoms with E-state index in [9.17, 15) is 24.0 Å². The summed E-state index contributed by atoms with van der Waals surface area (Å²) < 4.78 is 5.20. The number of hydrogen-bond donors (Lipinski definition) is 1. The molecule has 9 heteroatoms. The van der Waals surface area contributed by atoms with Crippen molar-refractivity contribution in [1.29, 1.82) is 0 Å². The first kappa shape index (κ1) is 20.1. The van der Waals surface area contributed by atoms with E-state index in [4.69, 9.17) is 4.74 Å². The predicted octanol–water partition coefficient (Wildman–Crippen LogP) is 1.71. The van der Waals surface area contributed by atoms with Crippen LogP contribution in [0.2, 0.25) is 0 Å². The molecular formula is C21H23N3O6. The number of benzene rings is 1. The van der Waals surface area contributed by atoms with E-state index in [0.717, 1.165) is 37.0 Å². The molecule has 1 N–H and O–H groups in total. The van der Waals surface area contributed by atoms with Crippen LogP contribution in [0.3, 0.4) is 0 Å². The van der Waals surface area contributed by atoms with E-state index >= 15 is 0 Å². The summed E-state index contributed by atoms with van der Waals surface area (Å²) in [6.45, 7) is 1.95. The number of nitrogens with zero attached hydrogens (tertiary/aromatic N) is 2. The van der Waals surface area contributed by atoms with E-state index in [1.165, 1.54) is 30.0 Å². The average molecular weight is 413 g/mol. The Labute approximate surface area is 173 Å². The van der Waals surface area contributed by atoms with Gasteiger partial charge in [0.15, 0.2) is 6.10 Å². The largest absolute Gasteiger partial charge is 0.449 e. The Morgan fingerprint density at radius 3 is 2.43 bits per heavy atom. The molecule has 0 aromatic heterocycles. The average Bonchev–Trinajstić information content (AvgIpc) is 3.28. The zero-order chi connectivity index (χ0) is 21.4. The number of hydrogen-bond acceptors (Lipinski definition) is 6. The Kier molecular flexibility index (Phi) is 5.27. The van der Waals surface area contributed by atoms with Crippen molar-refractivity contribution in [2.24, 2.45) is 0 Å². The molecule has 3 aliphatic rings. The fourth-order valence-corrected chi connectivity index (χ4v) is 4.24. The lowest BCUT2D eigenvalue weighted by Crippen LogP contribution is -2.41. The van der Waals surface area contributed by atoms with E-state index in [1.807, 2.05) is 0 Å². The van der Waals surface area contributed by atoms with Gasteiger partial charge in [-0.1, -0.05) is 19.3 Å². The number of ether oxygens (including phenoxy) is 1. The minimum absolute atomic E-state index is 0.0749. The van der Waals surface area contributed by atoms with Gasteiger partial charge in [-0.3, -0.25) is 24.2 Å². The highest BCUT2D eigenvalue weighted by molar-refractivity contribution is 6.22. The Morgan fingerprint density at radius 2 is 1.77 bits per heavy atom. The predicted molar refractivity (Wildman–Crippen MR) is 104 cm³/mol. The van der Waals surface area contributed by atoms with Crippen LogP contribution < -0.4 is 5.32 Å². The lowest BCUT2D eigenvalue weighted by atomic mass is 9.94. The second kappa shape index (κ2) is 7.89. The van der Waals surface area contributed by atoms with Crippen molar-refractivity contribution < 1.29 is 28.7 Å². The van der Waals surface area contributed by atoms with E-state index < -0.39 is 29.9 Å². The van der Waals surface area contributed by atoms with Crippen molar-refractivity contribution in [3.05, 3.63) is 34.9 Å². The van der Waals surface area contributed by atoms with Crippen LogP contribution >= 0.6 is 0 Å². The van der Waals surface area contributed by atoms with Crippen LogP contribution in [0.5, 0.6) is 0 Å². The highest BCUT2D eigenvalue weighted by Crippen LogP contribution is 2.31. The summed E-state index contributed by atoms with van der Waals surface area (Å²) in [5, 5.41) is 2.51. The van der Waals surface area contributed by atoms with Gasteiger partial charge < -0.3 is 10.1 Å². The molecule has 0 radical (unpaired) electrons. The normalized spacial score (nSPS) is 20.2. The third-order valence-corrected chi connectivity index (χ3v) is 5.85. The minimum atomic E-state index is -1.16. The number of esters is 1. The van der Waals surface area contributed by atoms with Crippen LogP contribution in [-0.2, 0) is 9.53 Å². The first-order valence-corrected chi connectivity index (χ1v) is 10.2. The third kappa shape index (κ3) is 3.44. The van der Waals surface area contributed by atoms with Gasteiger partial charge in [-0.05, 0) is 38.0 Å². The summed E-state index contributed by atoms with van der Waals surface area (Å²) in [6, 6.07) is 3.59. The van der Waals surface area contributed by atoms with Crippen LogP contribution in [0.1, 0.15) is 70.1 Å². The Balaban J connectivity index is 1.48. The number of carbonyl (C=O) groups is 5. The first-order valence-electron chi connectivity index (χ1n) is 10.2. The second-order valence-electron chi connectivity index (χ2n) is 7.80. The number of fused-ring (bicyclic) bond motifs is 1. The summed E-state index contributed by atoms with van der Waals surface area (Å²) in [6.07, 6.45) is 3.50. The summed E-state index contributed by atoms with van der Waals surface area (Å²) in [5.74, 6) is -2.14. The highest BCUT2D eigenvalue weighted by Gasteiger charge is 2.41. The lowest BCUT2D eigenvalue weighted by Gasteiger charge is -2.29. The summed E-state index contributed by atoms with van der Waals surface area (Å²) in [4.78, 5) is 64.4. The van der Waals surface area contributed by atoms with Gasteiger partial charge in [0, 0.05) is 19.1 Å². The van der Waals surface area contributed by atoms with Gasteiger partial charge in [0.2, 0.25) is 0 Å². The molecule has 2 heterocycles. The van der Waals surface area contributed by atoms with Crippen LogP contribution in [0, 0.1) is 0 Å². The van der Waals surface area contributed by atoms with E-state index in [0.29, 0.717) is 6.54 Å². The van der Waals surface area contributed by atoms with Crippen molar-refractivity contribution in [1.82, 2.24) is 15.1 Å². The molecule has 9 nitrogen and oxygen atoms in total. The standard InChI is InChI=1S/C21H23N3O6/c1-12(17(25)23-10-9-22-21(23)29)30-20(28)13-7-8-15-16(11-13)19(27)24(18(15)26)14-5-3-2-4-6-14/h7-8,11-12,14H,2-6,9-10H2,1H3,(H,22,29)/t12-/m1/s1. The molecule has 158 valence electrons. The Morgan fingerprint density at radius 1 is 1.07 bits per heavy atom. The smallest absolute Gasteiger partial charge is 0.338 e. The van der Waals surface area contributed by atoms with Gasteiger partial charge in [0.05, 0.1) is 16.7 Å². The van der Waals surface area contributed by atoms with Crippen molar-refractivity contribution in [2.75, 3.05) is 13.1 Å². The molecule has 0 unspecified atom stereocenters. The van der Waals surface area contributed by atoms with Gasteiger partial charge in [0.25, 0.3) is 17.7 Å². The molecule has 2 fully saturated rings. The molecule has 0 bridgehead atoms. The molecule has 1 atom stereocenters. The van der Waals surface area contributed by atoms with Crippen molar-refractivity contribution in [3.63, 3.8) is 0 Å². The molecule has 2 aliphatic heterocycles. The maximum Gasteiger partial charge on any atom is 0.338 e. The Hall–Kier alpha value is -3.23. The number of nitrogens with one attached hydrogen (secondary N) is 1. The van der Waals surface area contributed by atoms with Crippen molar-refractivity contribution >= 4 is 29.7 Å². The number of urea groups is 1. The lowest BCUT2D eigenvalue weighted by molar-refractivity contribution is -0.136. The fraction of sp³-hybridized carbons (Fsp3) is 0.476. The number of imide groups is 2. The fourth-order valence-electron chi connectivity index (χ4n) is 4.24.